The lowest BCUT2D eigenvalue weighted by molar-refractivity contribution is -0.135. The van der Waals surface area contributed by atoms with Crippen LogP contribution in [0.3, 0.4) is 0 Å². The Labute approximate surface area is 376 Å². The fraction of sp³-hybridized carbons (Fsp3) is 0.435. The van der Waals surface area contributed by atoms with Crippen LogP contribution in [-0.2, 0) is 51.2 Å². The summed E-state index contributed by atoms with van der Waals surface area (Å²) in [6.07, 6.45) is 5.88. The number of nitrogens with one attached hydrogen (secondary N) is 7. The van der Waals surface area contributed by atoms with Gasteiger partial charge >= 0.3 is 0 Å². The van der Waals surface area contributed by atoms with Gasteiger partial charge in [0.05, 0.1) is 6.04 Å². The minimum atomic E-state index is -1.30. The number of nitrogens with two attached hydrogens (primary N) is 2. The van der Waals surface area contributed by atoms with E-state index in [2.05, 4.69) is 46.9 Å². The normalized spacial score (nSPS) is 23.1. The first-order valence-corrected chi connectivity index (χ1v) is 21.8. The van der Waals surface area contributed by atoms with E-state index in [1.54, 1.807) is 48.8 Å². The fourth-order valence-electron chi connectivity index (χ4n) is 7.71. The van der Waals surface area contributed by atoms with Gasteiger partial charge in [-0.3, -0.25) is 48.3 Å². The number of H-pyrrole nitrogens is 1. The van der Waals surface area contributed by atoms with Crippen molar-refractivity contribution in [3.05, 3.63) is 83.7 Å². The Morgan fingerprint density at radius 3 is 2.05 bits per heavy atom. The molecule has 11 N–H and O–H groups in total. The van der Waals surface area contributed by atoms with Gasteiger partial charge in [-0.1, -0.05) is 54.6 Å². The van der Waals surface area contributed by atoms with Gasteiger partial charge in [0.1, 0.15) is 36.0 Å². The quantitative estimate of drug-likeness (QED) is 0.0700. The van der Waals surface area contributed by atoms with E-state index in [1.807, 2.05) is 24.3 Å². The Balaban J connectivity index is 1.54. The van der Waals surface area contributed by atoms with Gasteiger partial charge in [-0.25, -0.2) is 0 Å². The van der Waals surface area contributed by atoms with Gasteiger partial charge in [0.25, 0.3) is 0 Å². The monoisotopic (exact) mass is 893 g/mol. The van der Waals surface area contributed by atoms with E-state index in [1.165, 1.54) is 13.8 Å². The summed E-state index contributed by atoms with van der Waals surface area (Å²) in [7, 11) is 0. The van der Waals surface area contributed by atoms with Gasteiger partial charge in [0, 0.05) is 81.0 Å². The summed E-state index contributed by atoms with van der Waals surface area (Å²) in [6.45, 7) is 2.64. The van der Waals surface area contributed by atoms with Crippen molar-refractivity contribution in [1.29, 1.82) is 0 Å². The number of allylic oxidation sites excluding steroid dienone is 1. The largest absolute Gasteiger partial charge is 0.370 e. The summed E-state index contributed by atoms with van der Waals surface area (Å²) in [5, 5.41) is 17.3. The lowest BCUT2D eigenvalue weighted by Gasteiger charge is -2.28. The Morgan fingerprint density at radius 1 is 0.738 bits per heavy atom. The number of aromatic nitrogens is 1. The van der Waals surface area contributed by atoms with Crippen molar-refractivity contribution >= 4 is 70.1 Å². The number of carbonyl (C=O) groups is 8. The molecule has 3 heterocycles. The van der Waals surface area contributed by atoms with E-state index in [9.17, 15) is 38.4 Å². The van der Waals surface area contributed by atoms with Crippen LogP contribution < -0.4 is 43.4 Å². The fourth-order valence-corrected chi connectivity index (χ4v) is 7.71. The molecule has 19 nitrogen and oxygen atoms in total. The summed E-state index contributed by atoms with van der Waals surface area (Å²) in [6, 6.07) is 8.93. The van der Waals surface area contributed by atoms with Crippen LogP contribution in [0.5, 0.6) is 0 Å². The maximum absolute atomic E-state index is 14.5. The first kappa shape index (κ1) is 48.8. The zero-order chi connectivity index (χ0) is 46.9. The third kappa shape index (κ3) is 15.2. The molecule has 0 saturated carbocycles. The van der Waals surface area contributed by atoms with Crippen LogP contribution in [0.25, 0.3) is 10.9 Å². The number of Topliss-reactive ketones (excluding diaryl/α,β-unsaturated/α-hetero) is 2. The zero-order valence-corrected chi connectivity index (χ0v) is 36.7. The van der Waals surface area contributed by atoms with Crippen LogP contribution in [0.1, 0.15) is 82.8 Å². The summed E-state index contributed by atoms with van der Waals surface area (Å²) in [5.74, 6) is -4.98. The second kappa shape index (κ2) is 24.0. The lowest BCUT2D eigenvalue weighted by atomic mass is 9.99. The lowest BCUT2D eigenvalue weighted by Crippen LogP contribution is -2.60. The molecule has 1 saturated heterocycles. The Hall–Kier alpha value is -7.18. The number of para-hydroxylation sites is 1. The molecule has 6 amide bonds. The van der Waals surface area contributed by atoms with Crippen LogP contribution in [0.4, 0.5) is 0 Å². The van der Waals surface area contributed by atoms with Crippen molar-refractivity contribution in [2.45, 2.75) is 121 Å². The van der Waals surface area contributed by atoms with Crippen molar-refractivity contribution in [3.63, 3.8) is 0 Å². The van der Waals surface area contributed by atoms with Crippen LogP contribution in [0.2, 0.25) is 0 Å². The number of benzene rings is 2. The molecule has 0 aliphatic carbocycles. The molecule has 2 aromatic carbocycles. The van der Waals surface area contributed by atoms with Gasteiger partial charge in [-0.15, -0.1) is 0 Å². The average Bonchev–Trinajstić information content (AvgIpc) is 3.94. The number of aromatic amines is 1. The highest BCUT2D eigenvalue weighted by atomic mass is 16.2. The second-order valence-electron chi connectivity index (χ2n) is 16.3. The number of fused-ring (bicyclic) bond motifs is 1. The number of hydrogen-bond donors (Lipinski definition) is 9. The van der Waals surface area contributed by atoms with E-state index in [-0.39, 0.29) is 88.3 Å². The van der Waals surface area contributed by atoms with Gasteiger partial charge in [0.2, 0.25) is 35.4 Å². The van der Waals surface area contributed by atoms with Crippen molar-refractivity contribution in [3.8, 4) is 0 Å². The van der Waals surface area contributed by atoms with E-state index in [0.29, 0.717) is 23.2 Å². The number of rotatable bonds is 12. The molecular formula is C46H59N11O8. The van der Waals surface area contributed by atoms with Crippen molar-refractivity contribution in [2.24, 2.45) is 21.5 Å². The highest BCUT2D eigenvalue weighted by molar-refractivity contribution is 5.98. The smallest absolute Gasteiger partial charge is 0.243 e. The van der Waals surface area contributed by atoms with Gasteiger partial charge in [-0.2, -0.15) is 0 Å². The van der Waals surface area contributed by atoms with Crippen molar-refractivity contribution in [2.75, 3.05) is 6.54 Å². The van der Waals surface area contributed by atoms with Gasteiger partial charge < -0.3 is 48.4 Å². The van der Waals surface area contributed by atoms with Crippen molar-refractivity contribution in [1.82, 2.24) is 36.9 Å². The van der Waals surface area contributed by atoms with E-state index in [4.69, 9.17) is 11.5 Å². The standard InChI is InChI=1S/C46H59N11O8/c1-27(58)34-17-8-14-32(60)19-20-37(52-28(2)59)42(62)57-40(25-31-13-9-21-49-31)45(65)55-38(23-29-11-4-3-5-12-29)43(63)54-36(18-10-22-50-46(47)48)41(61)56-39(44(64)53-34)24-30-26-51-35-16-7-6-15-33(30)35/h3-7,11-13,15-16,21,26,34,36-40,51H,8-10,14,17-20,22-25H2,1-2H3,(H,52,59)(H,53,64)(H,54,63)(H,55,65)(H,56,61)(H,57,62)(H4,47,48,50)/t34-,36-,37-,38+,39-,40-/m0/s1. The molecule has 3 aromatic rings. The van der Waals surface area contributed by atoms with Crippen LogP contribution in [0, 0.1) is 0 Å². The molecule has 65 heavy (non-hydrogen) atoms. The third-order valence-corrected chi connectivity index (χ3v) is 11.1. The molecule has 6 atom stereocenters. The summed E-state index contributed by atoms with van der Waals surface area (Å²) in [4.78, 5) is 121. The van der Waals surface area contributed by atoms with E-state index < -0.39 is 71.7 Å². The first-order valence-electron chi connectivity index (χ1n) is 21.8. The van der Waals surface area contributed by atoms with E-state index >= 15 is 0 Å². The van der Waals surface area contributed by atoms with Crippen LogP contribution in [-0.4, -0.2) is 107 Å². The number of hydrogen-bond acceptors (Lipinski definition) is 10. The molecule has 5 rings (SSSR count). The first-order chi connectivity index (χ1) is 31.2. The maximum Gasteiger partial charge on any atom is 0.243 e. The molecule has 1 aromatic heterocycles. The Kier molecular flexibility index (Phi) is 18.1. The summed E-state index contributed by atoms with van der Waals surface area (Å²) < 4.78 is 0. The second-order valence-corrected chi connectivity index (χ2v) is 16.3. The average molecular weight is 894 g/mol. The van der Waals surface area contributed by atoms with Gasteiger partial charge in [-0.05, 0) is 56.2 Å². The molecule has 0 spiro atoms. The topological polar surface area (TPSA) is 301 Å². The summed E-state index contributed by atoms with van der Waals surface area (Å²) in [5.41, 5.74) is 13.8. The Bertz CT molecular complexity index is 2300. The van der Waals surface area contributed by atoms with E-state index in [0.717, 1.165) is 10.9 Å². The molecule has 0 unspecified atom stereocenters. The number of amides is 6. The molecule has 0 bridgehead atoms. The van der Waals surface area contributed by atoms with Crippen molar-refractivity contribution < 1.29 is 38.4 Å². The number of aliphatic imine (C=N–C) groups is 2. The highest BCUT2D eigenvalue weighted by Crippen LogP contribution is 2.20. The SMILES string of the molecule is CC(=O)N[C@H]1CCC(=O)CCC[C@@H](C(C)=O)NC(=O)[C@H](Cc2c[nH]c3ccccc23)NC(=O)[C@H](CCCN=C(N)N)NC(=O)[C@@H](Cc2ccccc2)NC(=O)[C@H](CC2=CCC=N2)NC1=O. The zero-order valence-electron chi connectivity index (χ0n) is 36.7. The minimum Gasteiger partial charge on any atom is -0.370 e. The number of ketones is 2. The third-order valence-electron chi connectivity index (χ3n) is 11.1. The Morgan fingerprint density at radius 2 is 1.37 bits per heavy atom. The predicted octanol–water partition coefficient (Wildman–Crippen LogP) is 0.806. The van der Waals surface area contributed by atoms with Crippen LogP contribution >= 0.6 is 0 Å². The molecule has 346 valence electrons. The highest BCUT2D eigenvalue weighted by Gasteiger charge is 2.34. The van der Waals surface area contributed by atoms with Crippen LogP contribution in [0.15, 0.2) is 82.6 Å². The number of guanidine groups is 1. The maximum atomic E-state index is 14.5. The molecule has 19 heteroatoms. The number of nitrogens with zero attached hydrogens (tertiary/aromatic N) is 2. The molecule has 0 radical (unpaired) electrons. The molecule has 1 fully saturated rings. The minimum absolute atomic E-state index is 0.00125. The predicted molar refractivity (Wildman–Crippen MR) is 244 cm³/mol. The molecular weight excluding hydrogens is 835 g/mol. The molecule has 2 aliphatic heterocycles. The molecule has 2 aliphatic rings. The number of carbonyl (C=O) groups excluding carboxylic acids is 8. The summed E-state index contributed by atoms with van der Waals surface area (Å²) >= 11 is 0. The van der Waals surface area contributed by atoms with Gasteiger partial charge in [0.15, 0.2) is 11.7 Å².